The second kappa shape index (κ2) is 9.23. The predicted octanol–water partition coefficient (Wildman–Crippen LogP) is 4.71. The molecule has 2 N–H and O–H groups in total. The van der Waals surface area contributed by atoms with Gasteiger partial charge in [-0.3, -0.25) is 4.79 Å². The van der Waals surface area contributed by atoms with Crippen LogP contribution in [0.4, 0.5) is 5.69 Å². The second-order valence-corrected chi connectivity index (χ2v) is 9.17. The summed E-state index contributed by atoms with van der Waals surface area (Å²) in [7, 11) is -3.75. The van der Waals surface area contributed by atoms with Crippen LogP contribution in [0, 0.1) is 6.92 Å². The van der Waals surface area contributed by atoms with Crippen molar-refractivity contribution >= 4 is 43.3 Å². The first-order valence-electron chi connectivity index (χ1n) is 9.05. The van der Waals surface area contributed by atoms with Crippen molar-refractivity contribution in [2.45, 2.75) is 18.7 Å². The third-order valence-electron chi connectivity index (χ3n) is 4.41. The topological polar surface area (TPSA) is 87.6 Å². The van der Waals surface area contributed by atoms with Gasteiger partial charge in [-0.25, -0.2) is 0 Å². The summed E-state index contributed by atoms with van der Waals surface area (Å²) in [5.41, 5.74) is 3.36. The molecule has 0 radical (unpaired) electrons. The summed E-state index contributed by atoms with van der Waals surface area (Å²) in [5, 5.41) is 6.85. The number of sulfonamides is 1. The molecular formula is C22H20BrN3O3S. The van der Waals surface area contributed by atoms with E-state index in [2.05, 4.69) is 31.2 Å². The molecule has 0 aliphatic heterocycles. The van der Waals surface area contributed by atoms with E-state index >= 15 is 0 Å². The van der Waals surface area contributed by atoms with Gasteiger partial charge in [-0.1, -0.05) is 46.3 Å². The zero-order chi connectivity index (χ0) is 21.7. The van der Waals surface area contributed by atoms with Gasteiger partial charge in [-0.15, -0.1) is 0 Å². The van der Waals surface area contributed by atoms with Gasteiger partial charge in [-0.2, -0.15) is 18.4 Å². The Bertz CT molecular complexity index is 1190. The molecule has 3 rings (SSSR count). The number of anilines is 1. The minimum Gasteiger partial charge on any atom is -0.322 e. The van der Waals surface area contributed by atoms with Crippen molar-refractivity contribution < 1.29 is 13.2 Å². The predicted molar refractivity (Wildman–Crippen MR) is 122 cm³/mol. The Morgan fingerprint density at radius 1 is 0.933 bits per heavy atom. The van der Waals surface area contributed by atoms with Gasteiger partial charge in [0.15, 0.2) is 0 Å². The monoisotopic (exact) mass is 485 g/mol. The Labute approximate surface area is 184 Å². The summed E-state index contributed by atoms with van der Waals surface area (Å²) in [6, 6.07) is 20.6. The maximum absolute atomic E-state index is 12.4. The van der Waals surface area contributed by atoms with Crippen LogP contribution < -0.4 is 10.1 Å². The lowest BCUT2D eigenvalue weighted by molar-refractivity contribution is 0.102. The smallest absolute Gasteiger partial charge is 0.276 e. The first-order valence-corrected chi connectivity index (χ1v) is 11.3. The Morgan fingerprint density at radius 2 is 1.57 bits per heavy atom. The standard InChI is InChI=1S/C22H20BrN3O3S/c1-15-5-3-4-6-21(15)22(27)24-19-11-7-17(8-12-19)16(2)25-26-30(28,29)20-13-9-18(23)10-14-20/h3-14,26H,1-2H3,(H,24,27). The zero-order valence-corrected chi connectivity index (χ0v) is 18.8. The molecule has 0 aromatic heterocycles. The number of amides is 1. The van der Waals surface area contributed by atoms with Gasteiger partial charge in [0, 0.05) is 15.7 Å². The number of hydrazone groups is 1. The van der Waals surface area contributed by atoms with Crippen LogP contribution in [0.3, 0.4) is 0 Å². The van der Waals surface area contributed by atoms with Crippen LogP contribution in [-0.2, 0) is 10.0 Å². The molecule has 0 aliphatic rings. The minimum absolute atomic E-state index is 0.122. The van der Waals surface area contributed by atoms with Crippen LogP contribution >= 0.6 is 15.9 Å². The molecule has 3 aromatic carbocycles. The molecule has 0 unspecified atom stereocenters. The lowest BCUT2D eigenvalue weighted by atomic mass is 10.1. The van der Waals surface area contributed by atoms with Gasteiger partial charge in [0.1, 0.15) is 0 Å². The second-order valence-electron chi connectivity index (χ2n) is 6.59. The van der Waals surface area contributed by atoms with Gasteiger partial charge >= 0.3 is 0 Å². The Balaban J connectivity index is 1.68. The van der Waals surface area contributed by atoms with Crippen LogP contribution in [-0.4, -0.2) is 20.0 Å². The van der Waals surface area contributed by atoms with Crippen molar-refractivity contribution in [3.8, 4) is 0 Å². The fourth-order valence-electron chi connectivity index (χ4n) is 2.68. The van der Waals surface area contributed by atoms with Crippen molar-refractivity contribution in [2.24, 2.45) is 5.10 Å². The minimum atomic E-state index is -3.75. The van der Waals surface area contributed by atoms with Crippen molar-refractivity contribution in [1.29, 1.82) is 0 Å². The molecule has 0 bridgehead atoms. The molecule has 8 heteroatoms. The summed E-state index contributed by atoms with van der Waals surface area (Å²) in [6.07, 6.45) is 0. The van der Waals surface area contributed by atoms with Crippen LogP contribution in [0.25, 0.3) is 0 Å². The van der Waals surface area contributed by atoms with Crippen LogP contribution in [0.5, 0.6) is 0 Å². The summed E-state index contributed by atoms with van der Waals surface area (Å²) in [5.74, 6) is -0.187. The number of halogens is 1. The molecule has 1 amide bonds. The average Bonchev–Trinajstić information content (AvgIpc) is 2.73. The number of benzene rings is 3. The summed E-state index contributed by atoms with van der Waals surface area (Å²) >= 11 is 3.27. The van der Waals surface area contributed by atoms with E-state index in [0.717, 1.165) is 15.6 Å². The van der Waals surface area contributed by atoms with Gasteiger partial charge in [0.25, 0.3) is 15.9 Å². The van der Waals surface area contributed by atoms with Crippen LogP contribution in [0.2, 0.25) is 0 Å². The molecule has 6 nitrogen and oxygen atoms in total. The summed E-state index contributed by atoms with van der Waals surface area (Å²) in [6.45, 7) is 3.58. The number of carbonyl (C=O) groups is 1. The summed E-state index contributed by atoms with van der Waals surface area (Å²) in [4.78, 5) is 14.8. The molecule has 30 heavy (non-hydrogen) atoms. The first-order chi connectivity index (χ1) is 14.3. The van der Waals surface area contributed by atoms with Gasteiger partial charge < -0.3 is 5.32 Å². The molecular weight excluding hydrogens is 466 g/mol. The third-order valence-corrected chi connectivity index (χ3v) is 6.16. The van der Waals surface area contributed by atoms with Crippen molar-refractivity contribution in [3.63, 3.8) is 0 Å². The fourth-order valence-corrected chi connectivity index (χ4v) is 3.80. The maximum atomic E-state index is 12.4. The van der Waals surface area contributed by atoms with Gasteiger partial charge in [-0.05, 0) is 67.4 Å². The highest BCUT2D eigenvalue weighted by Gasteiger charge is 2.13. The number of nitrogens with zero attached hydrogens (tertiary/aromatic N) is 1. The van der Waals surface area contributed by atoms with E-state index in [4.69, 9.17) is 0 Å². The van der Waals surface area contributed by atoms with E-state index in [0.29, 0.717) is 17.0 Å². The Kier molecular flexibility index (Phi) is 6.69. The number of hydrogen-bond acceptors (Lipinski definition) is 4. The highest BCUT2D eigenvalue weighted by atomic mass is 79.9. The zero-order valence-electron chi connectivity index (χ0n) is 16.4. The highest BCUT2D eigenvalue weighted by Crippen LogP contribution is 2.16. The fraction of sp³-hybridized carbons (Fsp3) is 0.0909. The van der Waals surface area contributed by atoms with Crippen molar-refractivity contribution in [2.75, 3.05) is 5.32 Å². The molecule has 0 atom stereocenters. The van der Waals surface area contributed by atoms with E-state index in [9.17, 15) is 13.2 Å². The Morgan fingerprint density at radius 3 is 2.20 bits per heavy atom. The number of nitrogens with one attached hydrogen (secondary N) is 2. The lowest BCUT2D eigenvalue weighted by Gasteiger charge is -2.09. The van der Waals surface area contributed by atoms with Gasteiger partial charge in [0.2, 0.25) is 0 Å². The SMILES string of the molecule is CC(=NNS(=O)(=O)c1ccc(Br)cc1)c1ccc(NC(=O)c2ccccc2C)cc1. The molecule has 3 aromatic rings. The van der Waals surface area contributed by atoms with E-state index in [1.165, 1.54) is 12.1 Å². The van der Waals surface area contributed by atoms with E-state index in [-0.39, 0.29) is 10.8 Å². The maximum Gasteiger partial charge on any atom is 0.276 e. The number of aryl methyl sites for hydroxylation is 1. The normalized spacial score (nSPS) is 11.8. The first kappa shape index (κ1) is 21.7. The lowest BCUT2D eigenvalue weighted by Crippen LogP contribution is -2.20. The summed E-state index contributed by atoms with van der Waals surface area (Å²) < 4.78 is 25.5. The van der Waals surface area contributed by atoms with E-state index in [1.54, 1.807) is 49.4 Å². The molecule has 0 saturated carbocycles. The molecule has 0 spiro atoms. The van der Waals surface area contributed by atoms with E-state index < -0.39 is 10.0 Å². The van der Waals surface area contributed by atoms with E-state index in [1.807, 2.05) is 25.1 Å². The number of hydrogen-bond donors (Lipinski definition) is 2. The van der Waals surface area contributed by atoms with Crippen molar-refractivity contribution in [3.05, 3.63) is 94.0 Å². The molecule has 154 valence electrons. The van der Waals surface area contributed by atoms with Crippen LogP contribution in [0.1, 0.15) is 28.4 Å². The number of carbonyl (C=O) groups excluding carboxylic acids is 1. The molecule has 0 fully saturated rings. The van der Waals surface area contributed by atoms with Gasteiger partial charge in [0.05, 0.1) is 10.6 Å². The third kappa shape index (κ3) is 5.34. The Hall–Kier alpha value is -2.97. The molecule has 0 saturated heterocycles. The van der Waals surface area contributed by atoms with Crippen LogP contribution in [0.15, 0.2) is 87.3 Å². The number of rotatable bonds is 6. The molecule has 0 heterocycles. The quantitative estimate of drug-likeness (QED) is 0.391. The largest absolute Gasteiger partial charge is 0.322 e. The van der Waals surface area contributed by atoms with Crippen molar-refractivity contribution in [1.82, 2.24) is 4.83 Å². The highest BCUT2D eigenvalue weighted by molar-refractivity contribution is 9.10. The average molecular weight is 486 g/mol. The molecule has 0 aliphatic carbocycles.